The number of aryl methyl sites for hydroxylation is 1. The summed E-state index contributed by atoms with van der Waals surface area (Å²) in [6.07, 6.45) is 4.05. The number of anilines is 2. The number of benzene rings is 1. The fraction of sp³-hybridized carbons (Fsp3) is 0.478. The van der Waals surface area contributed by atoms with Gasteiger partial charge in [-0.2, -0.15) is 0 Å². The van der Waals surface area contributed by atoms with E-state index in [1.165, 1.54) is 18.9 Å². The average molecular weight is 490 g/mol. The second-order valence-electron chi connectivity index (χ2n) is 8.44. The summed E-state index contributed by atoms with van der Waals surface area (Å²) in [4.78, 5) is 27.0. The van der Waals surface area contributed by atoms with Gasteiger partial charge in [-0.25, -0.2) is 0 Å². The molecule has 1 aromatic carbocycles. The van der Waals surface area contributed by atoms with Crippen LogP contribution in [0.15, 0.2) is 29.3 Å². The molecule has 0 bridgehead atoms. The Kier molecular flexibility index (Phi) is 7.60. The molecule has 2 aliphatic rings. The molecule has 0 spiro atoms. The van der Waals surface area contributed by atoms with Crippen molar-refractivity contribution in [3.05, 3.63) is 34.9 Å². The summed E-state index contributed by atoms with van der Waals surface area (Å²) < 4.78 is 5.30. The van der Waals surface area contributed by atoms with Crippen LogP contribution in [0.5, 0.6) is 5.75 Å². The topological polar surface area (TPSA) is 96.5 Å². The van der Waals surface area contributed by atoms with E-state index in [4.69, 9.17) is 16.3 Å². The van der Waals surface area contributed by atoms with E-state index in [1.807, 2.05) is 19.1 Å². The standard InChI is InChI=1S/C23H28ClN5O3S/c1-14-10-18(19(32-2)11-17(14)24)26-21(30)13-33-22-8-7-20(27-28-22)29-9-3-4-15(12-29)23(31)25-16-5-6-16/h7-8,10-11,15-16H,3-6,9,12-13H2,1-2H3,(H,25,31)(H,26,30)/t15-/m0/s1. The quantitative estimate of drug-likeness (QED) is 0.546. The Morgan fingerprint density at radius 3 is 2.76 bits per heavy atom. The van der Waals surface area contributed by atoms with Crippen LogP contribution in [0.3, 0.4) is 0 Å². The van der Waals surface area contributed by atoms with Crippen molar-refractivity contribution in [2.45, 2.75) is 43.7 Å². The lowest BCUT2D eigenvalue weighted by Gasteiger charge is -2.32. The van der Waals surface area contributed by atoms with Gasteiger partial charge in [0.05, 0.1) is 24.5 Å². The first kappa shape index (κ1) is 23.6. The molecule has 1 saturated heterocycles. The van der Waals surface area contributed by atoms with E-state index in [2.05, 4.69) is 25.7 Å². The van der Waals surface area contributed by atoms with Gasteiger partial charge in [0.1, 0.15) is 10.8 Å². The van der Waals surface area contributed by atoms with Crippen LogP contribution in [0.1, 0.15) is 31.2 Å². The Balaban J connectivity index is 1.29. The maximum Gasteiger partial charge on any atom is 0.234 e. The monoisotopic (exact) mass is 489 g/mol. The molecule has 4 rings (SSSR count). The zero-order chi connectivity index (χ0) is 23.4. The first-order valence-electron chi connectivity index (χ1n) is 11.1. The zero-order valence-corrected chi connectivity index (χ0v) is 20.3. The number of hydrogen-bond donors (Lipinski definition) is 2. The molecule has 2 N–H and O–H groups in total. The minimum atomic E-state index is -0.175. The Hall–Kier alpha value is -2.52. The van der Waals surface area contributed by atoms with Crippen molar-refractivity contribution in [1.82, 2.24) is 15.5 Å². The molecule has 0 radical (unpaired) electrons. The predicted octanol–water partition coefficient (Wildman–Crippen LogP) is 3.67. The number of nitrogens with zero attached hydrogens (tertiary/aromatic N) is 3. The molecule has 2 fully saturated rings. The van der Waals surface area contributed by atoms with Crippen LogP contribution in [0.25, 0.3) is 0 Å². The third kappa shape index (κ3) is 6.29. The summed E-state index contributed by atoms with van der Waals surface area (Å²) in [6.45, 7) is 3.39. The molecule has 1 atom stereocenters. The normalized spacial score (nSPS) is 18.0. The van der Waals surface area contributed by atoms with Crippen molar-refractivity contribution in [2.75, 3.05) is 36.2 Å². The van der Waals surface area contributed by atoms with Crippen LogP contribution in [0.4, 0.5) is 11.5 Å². The molecule has 2 aromatic rings. The molecule has 0 unspecified atom stereocenters. The van der Waals surface area contributed by atoms with Gasteiger partial charge >= 0.3 is 0 Å². The highest BCUT2D eigenvalue weighted by Gasteiger charge is 2.31. The van der Waals surface area contributed by atoms with Gasteiger partial charge in [-0.3, -0.25) is 9.59 Å². The van der Waals surface area contributed by atoms with E-state index in [-0.39, 0.29) is 23.5 Å². The van der Waals surface area contributed by atoms with Crippen molar-refractivity contribution in [2.24, 2.45) is 5.92 Å². The van der Waals surface area contributed by atoms with Gasteiger partial charge in [-0.15, -0.1) is 10.2 Å². The summed E-state index contributed by atoms with van der Waals surface area (Å²) in [5.74, 6) is 1.43. The molecule has 8 nitrogen and oxygen atoms in total. The van der Waals surface area contributed by atoms with Crippen molar-refractivity contribution < 1.29 is 14.3 Å². The average Bonchev–Trinajstić information content (AvgIpc) is 3.64. The number of nitrogens with one attached hydrogen (secondary N) is 2. The largest absolute Gasteiger partial charge is 0.495 e. The third-order valence-corrected chi connectivity index (χ3v) is 7.10. The van der Waals surface area contributed by atoms with E-state index in [9.17, 15) is 9.59 Å². The second-order valence-corrected chi connectivity index (χ2v) is 9.84. The molecular formula is C23H28ClN5O3S. The number of amides is 2. The Morgan fingerprint density at radius 1 is 1.24 bits per heavy atom. The minimum Gasteiger partial charge on any atom is -0.495 e. The third-order valence-electron chi connectivity index (χ3n) is 5.77. The molecule has 1 aliphatic heterocycles. The van der Waals surface area contributed by atoms with Crippen molar-refractivity contribution >= 4 is 46.7 Å². The van der Waals surface area contributed by atoms with Gasteiger partial charge in [-0.1, -0.05) is 23.4 Å². The number of methoxy groups -OCH3 is 1. The fourth-order valence-corrected chi connectivity index (χ4v) is 4.53. The molecule has 33 heavy (non-hydrogen) atoms. The molecule has 2 heterocycles. The summed E-state index contributed by atoms with van der Waals surface area (Å²) in [5.41, 5.74) is 1.43. The van der Waals surface area contributed by atoms with E-state index in [0.29, 0.717) is 34.1 Å². The lowest BCUT2D eigenvalue weighted by molar-refractivity contribution is -0.125. The van der Waals surface area contributed by atoms with Crippen LogP contribution in [0, 0.1) is 12.8 Å². The first-order chi connectivity index (χ1) is 15.9. The fourth-order valence-electron chi connectivity index (χ4n) is 3.76. The number of piperidine rings is 1. The van der Waals surface area contributed by atoms with Crippen LogP contribution >= 0.6 is 23.4 Å². The Bertz CT molecular complexity index is 1020. The molecule has 2 amide bonds. The van der Waals surface area contributed by atoms with Crippen LogP contribution in [-0.4, -0.2) is 54.0 Å². The molecule has 1 aromatic heterocycles. The number of ether oxygens (including phenoxy) is 1. The first-order valence-corrected chi connectivity index (χ1v) is 12.4. The number of aromatic nitrogens is 2. The maximum absolute atomic E-state index is 12.4. The summed E-state index contributed by atoms with van der Waals surface area (Å²) in [7, 11) is 1.53. The van der Waals surface area contributed by atoms with Crippen molar-refractivity contribution in [3.63, 3.8) is 0 Å². The van der Waals surface area contributed by atoms with Crippen molar-refractivity contribution in [1.29, 1.82) is 0 Å². The number of thioether (sulfide) groups is 1. The highest BCUT2D eigenvalue weighted by atomic mass is 35.5. The van der Waals surface area contributed by atoms with Gasteiger partial charge in [-0.05, 0) is 56.4 Å². The lowest BCUT2D eigenvalue weighted by atomic mass is 9.97. The van der Waals surface area contributed by atoms with Gasteiger partial charge in [0.2, 0.25) is 11.8 Å². The highest BCUT2D eigenvalue weighted by molar-refractivity contribution is 7.99. The van der Waals surface area contributed by atoms with Gasteiger partial charge in [0.15, 0.2) is 5.82 Å². The van der Waals surface area contributed by atoms with E-state index in [0.717, 1.165) is 43.6 Å². The van der Waals surface area contributed by atoms with E-state index >= 15 is 0 Å². The van der Waals surface area contributed by atoms with Crippen LogP contribution in [-0.2, 0) is 9.59 Å². The SMILES string of the molecule is COc1cc(Cl)c(C)cc1NC(=O)CSc1ccc(N2CCC[C@H](C(=O)NC3CC3)C2)nn1. The molecule has 176 valence electrons. The smallest absolute Gasteiger partial charge is 0.234 e. The second kappa shape index (κ2) is 10.6. The summed E-state index contributed by atoms with van der Waals surface area (Å²) in [5, 5.41) is 15.8. The van der Waals surface area contributed by atoms with Crippen molar-refractivity contribution in [3.8, 4) is 5.75 Å². The Morgan fingerprint density at radius 2 is 2.06 bits per heavy atom. The predicted molar refractivity (Wildman–Crippen MR) is 130 cm³/mol. The van der Waals surface area contributed by atoms with E-state index < -0.39 is 0 Å². The molecular weight excluding hydrogens is 462 g/mol. The number of rotatable bonds is 8. The number of carbonyl (C=O) groups is 2. The number of halogens is 1. The molecule has 1 aliphatic carbocycles. The number of hydrogen-bond acceptors (Lipinski definition) is 7. The van der Waals surface area contributed by atoms with Gasteiger partial charge < -0.3 is 20.3 Å². The van der Waals surface area contributed by atoms with E-state index in [1.54, 1.807) is 12.1 Å². The molecule has 10 heteroatoms. The zero-order valence-electron chi connectivity index (χ0n) is 18.8. The minimum absolute atomic E-state index is 0.00704. The highest BCUT2D eigenvalue weighted by Crippen LogP contribution is 2.31. The number of carbonyl (C=O) groups excluding carboxylic acids is 2. The van der Waals surface area contributed by atoms with Gasteiger partial charge in [0.25, 0.3) is 0 Å². The maximum atomic E-state index is 12.4. The van der Waals surface area contributed by atoms with Gasteiger partial charge in [0, 0.05) is 30.2 Å². The van der Waals surface area contributed by atoms with Crippen LogP contribution < -0.4 is 20.3 Å². The Labute approximate surface area is 202 Å². The lowest BCUT2D eigenvalue weighted by Crippen LogP contribution is -2.44. The molecule has 1 saturated carbocycles. The summed E-state index contributed by atoms with van der Waals surface area (Å²) in [6, 6.07) is 7.62. The van der Waals surface area contributed by atoms with Crippen LogP contribution in [0.2, 0.25) is 5.02 Å². The summed E-state index contributed by atoms with van der Waals surface area (Å²) >= 11 is 7.43.